The molecule has 1 aromatic heterocycles. The largest absolute Gasteiger partial charge is 0.329 e. The quantitative estimate of drug-likeness (QED) is 0.810. The van der Waals surface area contributed by atoms with Crippen LogP contribution < -0.4 is 0 Å². The standard InChI is InChI=1S/C17H24N2/c1-13-7-6-8-14(2)16(13)10-9-15-11-18-12-19(15)17(3,4)5/h6-8,11-12H,9-10H2,1-5H3. The molecule has 0 radical (unpaired) electrons. The predicted molar refractivity (Wildman–Crippen MR) is 80.5 cm³/mol. The van der Waals surface area contributed by atoms with Crippen LogP contribution in [0.3, 0.4) is 0 Å². The number of nitrogens with zero attached hydrogens (tertiary/aromatic N) is 2. The molecule has 2 nitrogen and oxygen atoms in total. The van der Waals surface area contributed by atoms with E-state index in [1.807, 2.05) is 12.5 Å². The molecule has 2 heteroatoms. The van der Waals surface area contributed by atoms with Gasteiger partial charge in [0, 0.05) is 17.4 Å². The summed E-state index contributed by atoms with van der Waals surface area (Å²) < 4.78 is 2.28. The van der Waals surface area contributed by atoms with Crippen molar-refractivity contribution in [2.45, 2.75) is 53.0 Å². The second-order valence-corrected chi connectivity index (χ2v) is 6.30. The fourth-order valence-corrected chi connectivity index (χ4v) is 2.61. The topological polar surface area (TPSA) is 17.8 Å². The molecule has 0 fully saturated rings. The monoisotopic (exact) mass is 256 g/mol. The summed E-state index contributed by atoms with van der Waals surface area (Å²) >= 11 is 0. The molecular formula is C17H24N2. The maximum Gasteiger partial charge on any atom is 0.0953 e. The molecule has 0 aliphatic rings. The van der Waals surface area contributed by atoms with Crippen LogP contribution in [-0.4, -0.2) is 9.55 Å². The number of aryl methyl sites for hydroxylation is 3. The fourth-order valence-electron chi connectivity index (χ4n) is 2.61. The predicted octanol–water partition coefficient (Wildman–Crippen LogP) is 4.04. The van der Waals surface area contributed by atoms with Crippen LogP contribution in [0.15, 0.2) is 30.7 Å². The third kappa shape index (κ3) is 3.06. The summed E-state index contributed by atoms with van der Waals surface area (Å²) in [6.07, 6.45) is 6.07. The molecule has 0 bridgehead atoms. The highest BCUT2D eigenvalue weighted by atomic mass is 15.1. The van der Waals surface area contributed by atoms with E-state index >= 15 is 0 Å². The normalized spacial score (nSPS) is 11.8. The second kappa shape index (κ2) is 5.20. The molecule has 0 N–H and O–H groups in total. The Hall–Kier alpha value is -1.57. The van der Waals surface area contributed by atoms with Crippen LogP contribution in [0.5, 0.6) is 0 Å². The van der Waals surface area contributed by atoms with Crippen molar-refractivity contribution in [1.82, 2.24) is 9.55 Å². The van der Waals surface area contributed by atoms with Crippen LogP contribution in [0.25, 0.3) is 0 Å². The second-order valence-electron chi connectivity index (χ2n) is 6.30. The van der Waals surface area contributed by atoms with E-state index in [4.69, 9.17) is 0 Å². The minimum Gasteiger partial charge on any atom is -0.329 e. The summed E-state index contributed by atoms with van der Waals surface area (Å²) in [5.41, 5.74) is 5.68. The zero-order valence-corrected chi connectivity index (χ0v) is 12.7. The van der Waals surface area contributed by atoms with Gasteiger partial charge in [0.2, 0.25) is 0 Å². The van der Waals surface area contributed by atoms with Crippen LogP contribution >= 0.6 is 0 Å². The van der Waals surface area contributed by atoms with Crippen molar-refractivity contribution >= 4 is 0 Å². The van der Waals surface area contributed by atoms with Gasteiger partial charge in [-0.2, -0.15) is 0 Å². The van der Waals surface area contributed by atoms with Gasteiger partial charge in [0.1, 0.15) is 0 Å². The van der Waals surface area contributed by atoms with Crippen LogP contribution in [0.1, 0.15) is 43.2 Å². The SMILES string of the molecule is Cc1cccc(C)c1CCc1cncn1C(C)(C)C. The molecule has 0 saturated heterocycles. The number of hydrogen-bond acceptors (Lipinski definition) is 1. The molecule has 2 rings (SSSR count). The molecule has 0 spiro atoms. The Morgan fingerprint density at radius 3 is 2.26 bits per heavy atom. The summed E-state index contributed by atoms with van der Waals surface area (Å²) in [6, 6.07) is 6.53. The molecule has 2 aromatic rings. The van der Waals surface area contributed by atoms with E-state index in [9.17, 15) is 0 Å². The Balaban J connectivity index is 2.18. The third-order valence-electron chi connectivity index (χ3n) is 3.71. The highest BCUT2D eigenvalue weighted by Crippen LogP contribution is 2.20. The Morgan fingerprint density at radius 2 is 1.68 bits per heavy atom. The van der Waals surface area contributed by atoms with E-state index in [0.717, 1.165) is 12.8 Å². The van der Waals surface area contributed by atoms with Crippen LogP contribution in [-0.2, 0) is 18.4 Å². The first-order valence-corrected chi connectivity index (χ1v) is 6.96. The maximum atomic E-state index is 4.31. The molecule has 0 unspecified atom stereocenters. The summed E-state index contributed by atoms with van der Waals surface area (Å²) in [5.74, 6) is 0. The van der Waals surface area contributed by atoms with Crippen molar-refractivity contribution in [2.75, 3.05) is 0 Å². The third-order valence-corrected chi connectivity index (χ3v) is 3.71. The van der Waals surface area contributed by atoms with Crippen molar-refractivity contribution < 1.29 is 0 Å². The summed E-state index contributed by atoms with van der Waals surface area (Å²) in [5, 5.41) is 0. The number of aromatic nitrogens is 2. The lowest BCUT2D eigenvalue weighted by Crippen LogP contribution is -2.23. The molecule has 0 amide bonds. The van der Waals surface area contributed by atoms with Gasteiger partial charge in [0.05, 0.1) is 6.33 Å². The lowest BCUT2D eigenvalue weighted by Gasteiger charge is -2.23. The van der Waals surface area contributed by atoms with Crippen LogP contribution in [0.4, 0.5) is 0 Å². The van der Waals surface area contributed by atoms with Gasteiger partial charge in [-0.25, -0.2) is 4.98 Å². The number of rotatable bonds is 3. The van der Waals surface area contributed by atoms with Gasteiger partial charge in [0.15, 0.2) is 0 Å². The maximum absolute atomic E-state index is 4.31. The van der Waals surface area contributed by atoms with Crippen molar-refractivity contribution in [2.24, 2.45) is 0 Å². The van der Waals surface area contributed by atoms with Crippen LogP contribution in [0, 0.1) is 13.8 Å². The van der Waals surface area contributed by atoms with Gasteiger partial charge in [0.25, 0.3) is 0 Å². The molecule has 102 valence electrons. The molecule has 0 atom stereocenters. The molecule has 1 aromatic carbocycles. The number of imidazole rings is 1. The van der Waals surface area contributed by atoms with Gasteiger partial charge in [-0.05, 0) is 64.2 Å². The Kier molecular flexibility index (Phi) is 3.79. The lowest BCUT2D eigenvalue weighted by atomic mass is 9.97. The van der Waals surface area contributed by atoms with Crippen molar-refractivity contribution in [1.29, 1.82) is 0 Å². The first-order valence-electron chi connectivity index (χ1n) is 6.96. The van der Waals surface area contributed by atoms with Crippen molar-refractivity contribution in [3.8, 4) is 0 Å². The van der Waals surface area contributed by atoms with Gasteiger partial charge >= 0.3 is 0 Å². The lowest BCUT2D eigenvalue weighted by molar-refractivity contribution is 0.384. The molecular weight excluding hydrogens is 232 g/mol. The van der Waals surface area contributed by atoms with E-state index in [1.165, 1.54) is 22.4 Å². The van der Waals surface area contributed by atoms with Gasteiger partial charge in [-0.15, -0.1) is 0 Å². The molecule has 0 aliphatic carbocycles. The van der Waals surface area contributed by atoms with E-state index in [2.05, 4.69) is 62.4 Å². The fraction of sp³-hybridized carbons (Fsp3) is 0.471. The molecule has 0 aliphatic heterocycles. The smallest absolute Gasteiger partial charge is 0.0953 e. The minimum atomic E-state index is 0.104. The summed E-state index contributed by atoms with van der Waals surface area (Å²) in [6.45, 7) is 11.1. The van der Waals surface area contributed by atoms with E-state index in [-0.39, 0.29) is 5.54 Å². The number of benzene rings is 1. The first kappa shape index (κ1) is 13.9. The zero-order chi connectivity index (χ0) is 14.0. The van der Waals surface area contributed by atoms with Crippen LogP contribution in [0.2, 0.25) is 0 Å². The Labute approximate surface area is 116 Å². The van der Waals surface area contributed by atoms with Gasteiger partial charge in [-0.1, -0.05) is 18.2 Å². The first-order chi connectivity index (χ1) is 8.89. The van der Waals surface area contributed by atoms with Gasteiger partial charge < -0.3 is 4.57 Å². The Bertz CT molecular complexity index is 539. The average molecular weight is 256 g/mol. The summed E-state index contributed by atoms with van der Waals surface area (Å²) in [7, 11) is 0. The minimum absolute atomic E-state index is 0.104. The van der Waals surface area contributed by atoms with Crippen molar-refractivity contribution in [3.63, 3.8) is 0 Å². The average Bonchev–Trinajstić information content (AvgIpc) is 2.76. The molecule has 0 saturated carbocycles. The Morgan fingerprint density at radius 1 is 1.05 bits per heavy atom. The van der Waals surface area contributed by atoms with E-state index < -0.39 is 0 Å². The molecule has 19 heavy (non-hydrogen) atoms. The van der Waals surface area contributed by atoms with E-state index in [1.54, 1.807) is 0 Å². The van der Waals surface area contributed by atoms with Gasteiger partial charge in [-0.3, -0.25) is 0 Å². The van der Waals surface area contributed by atoms with Crippen molar-refractivity contribution in [3.05, 3.63) is 53.1 Å². The summed E-state index contributed by atoms with van der Waals surface area (Å²) in [4.78, 5) is 4.31. The number of hydrogen-bond donors (Lipinski definition) is 0. The molecule has 1 heterocycles. The zero-order valence-electron chi connectivity index (χ0n) is 12.7. The van der Waals surface area contributed by atoms with E-state index in [0.29, 0.717) is 0 Å². The highest BCUT2D eigenvalue weighted by Gasteiger charge is 2.16. The highest BCUT2D eigenvalue weighted by molar-refractivity contribution is 5.34.